The van der Waals surface area contributed by atoms with E-state index in [9.17, 15) is 8.42 Å². The molecule has 0 spiro atoms. The van der Waals surface area contributed by atoms with Crippen molar-refractivity contribution in [2.75, 3.05) is 10.8 Å². The number of hydrogen-bond acceptors (Lipinski definition) is 5. The van der Waals surface area contributed by atoms with Crippen LogP contribution in [0.1, 0.15) is 51.2 Å². The first-order chi connectivity index (χ1) is 13.0. The minimum Gasteiger partial charge on any atom is -0.453 e. The van der Waals surface area contributed by atoms with Crippen molar-refractivity contribution in [2.45, 2.75) is 52.9 Å². The monoisotopic (exact) mass is 389 g/mol. The summed E-state index contributed by atoms with van der Waals surface area (Å²) in [6.45, 7) is 6.03. The summed E-state index contributed by atoms with van der Waals surface area (Å²) in [6, 6.07) is 11.6. The van der Waals surface area contributed by atoms with E-state index in [0.717, 1.165) is 36.8 Å². The van der Waals surface area contributed by atoms with Gasteiger partial charge in [0.05, 0.1) is 5.75 Å². The maximum absolute atomic E-state index is 12.5. The van der Waals surface area contributed by atoms with Gasteiger partial charge in [0.1, 0.15) is 11.4 Å². The summed E-state index contributed by atoms with van der Waals surface area (Å²) in [5.41, 5.74) is 3.45. The standard InChI is InChI=1S/C21H27NO4S/c1-4-8-16-12-13-19-18(15-16)22(26-27(23,24)14-6-3)21-17(9-5-2)10-7-11-20(21)25-19/h7,10-13,15H,4-6,8-9,14H2,1-3H3. The Bertz CT molecular complexity index is 908. The molecule has 1 heterocycles. The summed E-state index contributed by atoms with van der Waals surface area (Å²) in [6.07, 6.45) is 4.16. The molecular formula is C21H27NO4S. The number of rotatable bonds is 8. The number of anilines is 2. The molecule has 0 atom stereocenters. The van der Waals surface area contributed by atoms with E-state index >= 15 is 0 Å². The van der Waals surface area contributed by atoms with E-state index in [1.165, 1.54) is 5.06 Å². The van der Waals surface area contributed by atoms with Crippen molar-refractivity contribution in [1.29, 1.82) is 0 Å². The van der Waals surface area contributed by atoms with Crippen molar-refractivity contribution in [1.82, 2.24) is 0 Å². The van der Waals surface area contributed by atoms with Crippen molar-refractivity contribution >= 4 is 21.5 Å². The molecule has 5 nitrogen and oxygen atoms in total. The van der Waals surface area contributed by atoms with Crippen molar-refractivity contribution in [3.05, 3.63) is 47.5 Å². The molecule has 27 heavy (non-hydrogen) atoms. The van der Waals surface area contributed by atoms with Crippen molar-refractivity contribution < 1.29 is 17.4 Å². The quantitative estimate of drug-likeness (QED) is 0.596. The van der Waals surface area contributed by atoms with E-state index < -0.39 is 10.1 Å². The van der Waals surface area contributed by atoms with Gasteiger partial charge in [-0.25, -0.2) is 0 Å². The number of ether oxygens (including phenoxy) is 1. The maximum atomic E-state index is 12.5. The third-order valence-corrected chi connectivity index (χ3v) is 5.73. The fourth-order valence-electron chi connectivity index (χ4n) is 3.32. The molecular weight excluding hydrogens is 362 g/mol. The molecule has 0 fully saturated rings. The maximum Gasteiger partial charge on any atom is 0.288 e. The van der Waals surface area contributed by atoms with Crippen molar-refractivity contribution in [3.63, 3.8) is 0 Å². The average molecular weight is 390 g/mol. The summed E-state index contributed by atoms with van der Waals surface area (Å²) in [7, 11) is -3.70. The Morgan fingerprint density at radius 3 is 2.44 bits per heavy atom. The predicted octanol–water partition coefficient (Wildman–Crippen LogP) is 5.51. The lowest BCUT2D eigenvalue weighted by Crippen LogP contribution is -2.28. The fraction of sp³-hybridized carbons (Fsp3) is 0.429. The summed E-state index contributed by atoms with van der Waals surface area (Å²) in [4.78, 5) is 0. The van der Waals surface area contributed by atoms with Gasteiger partial charge in [0.25, 0.3) is 10.1 Å². The number of para-hydroxylation sites is 1. The van der Waals surface area contributed by atoms with Crippen LogP contribution >= 0.6 is 0 Å². The molecule has 146 valence electrons. The number of fused-ring (bicyclic) bond motifs is 2. The van der Waals surface area contributed by atoms with Gasteiger partial charge in [0.15, 0.2) is 11.5 Å². The van der Waals surface area contributed by atoms with Crippen LogP contribution in [0, 0.1) is 0 Å². The highest BCUT2D eigenvalue weighted by atomic mass is 32.2. The topological polar surface area (TPSA) is 55.8 Å². The smallest absolute Gasteiger partial charge is 0.288 e. The van der Waals surface area contributed by atoms with Gasteiger partial charge < -0.3 is 4.74 Å². The summed E-state index contributed by atoms with van der Waals surface area (Å²) in [5, 5.41) is 1.46. The molecule has 0 bridgehead atoms. The van der Waals surface area contributed by atoms with Crippen LogP contribution in [0.3, 0.4) is 0 Å². The highest BCUT2D eigenvalue weighted by Gasteiger charge is 2.31. The number of nitrogens with zero attached hydrogens (tertiary/aromatic N) is 1. The average Bonchev–Trinajstić information content (AvgIpc) is 2.62. The van der Waals surface area contributed by atoms with E-state index in [2.05, 4.69) is 13.8 Å². The van der Waals surface area contributed by atoms with Crippen LogP contribution in [0.2, 0.25) is 0 Å². The Kier molecular flexibility index (Phi) is 6.07. The van der Waals surface area contributed by atoms with Gasteiger partial charge in [-0.2, -0.15) is 13.5 Å². The van der Waals surface area contributed by atoms with E-state index in [-0.39, 0.29) is 5.75 Å². The molecule has 0 aromatic heterocycles. The zero-order valence-corrected chi connectivity index (χ0v) is 17.0. The molecule has 2 aromatic carbocycles. The molecule has 1 aliphatic heterocycles. The number of aryl methyl sites for hydroxylation is 2. The first-order valence-electron chi connectivity index (χ1n) is 9.64. The van der Waals surface area contributed by atoms with Gasteiger partial charge in [-0.3, -0.25) is 0 Å². The van der Waals surface area contributed by atoms with Gasteiger partial charge in [-0.15, -0.1) is 4.28 Å². The van der Waals surface area contributed by atoms with E-state index in [1.54, 1.807) is 0 Å². The minimum atomic E-state index is -3.70. The van der Waals surface area contributed by atoms with Crippen LogP contribution in [0.15, 0.2) is 36.4 Å². The molecule has 6 heteroatoms. The lowest BCUT2D eigenvalue weighted by atomic mass is 10.0. The van der Waals surface area contributed by atoms with Gasteiger partial charge in [0, 0.05) is 0 Å². The zero-order chi connectivity index (χ0) is 19.4. The highest BCUT2D eigenvalue weighted by Crippen LogP contribution is 2.49. The van der Waals surface area contributed by atoms with Crippen molar-refractivity contribution in [2.24, 2.45) is 0 Å². The predicted molar refractivity (Wildman–Crippen MR) is 108 cm³/mol. The molecule has 1 aliphatic rings. The van der Waals surface area contributed by atoms with Gasteiger partial charge in [0.2, 0.25) is 0 Å². The zero-order valence-electron chi connectivity index (χ0n) is 16.2. The van der Waals surface area contributed by atoms with Crippen LogP contribution in [0.25, 0.3) is 0 Å². The lowest BCUT2D eigenvalue weighted by molar-refractivity contribution is 0.307. The Hall–Kier alpha value is -2.05. The second-order valence-corrected chi connectivity index (χ2v) is 8.47. The van der Waals surface area contributed by atoms with Crippen LogP contribution in [0.5, 0.6) is 11.5 Å². The van der Waals surface area contributed by atoms with Gasteiger partial charge >= 0.3 is 0 Å². The molecule has 0 radical (unpaired) electrons. The summed E-state index contributed by atoms with van der Waals surface area (Å²) >= 11 is 0. The lowest BCUT2D eigenvalue weighted by Gasteiger charge is -2.32. The number of hydrogen-bond donors (Lipinski definition) is 0. The molecule has 0 unspecified atom stereocenters. The van der Waals surface area contributed by atoms with E-state index in [1.807, 2.05) is 43.3 Å². The normalized spacial score (nSPS) is 13.1. The van der Waals surface area contributed by atoms with Gasteiger partial charge in [-0.05, 0) is 48.6 Å². The molecule has 0 amide bonds. The Labute approximate surface area is 162 Å². The van der Waals surface area contributed by atoms with Crippen LogP contribution in [-0.4, -0.2) is 14.2 Å². The SMILES string of the molecule is CCCc1ccc2c(c1)N(OS(=O)(=O)CCC)c1c(CCC)cccc1O2. The molecule has 0 saturated carbocycles. The fourth-order valence-corrected chi connectivity index (χ4v) is 4.28. The van der Waals surface area contributed by atoms with Crippen LogP contribution in [-0.2, 0) is 27.2 Å². The third-order valence-electron chi connectivity index (χ3n) is 4.45. The molecule has 0 aliphatic carbocycles. The molecule has 0 N–H and O–H groups in total. The van der Waals surface area contributed by atoms with E-state index in [0.29, 0.717) is 29.3 Å². The van der Waals surface area contributed by atoms with Gasteiger partial charge in [-0.1, -0.05) is 51.8 Å². The van der Waals surface area contributed by atoms with Crippen LogP contribution < -0.4 is 9.80 Å². The first-order valence-corrected chi connectivity index (χ1v) is 11.2. The Morgan fingerprint density at radius 2 is 1.74 bits per heavy atom. The van der Waals surface area contributed by atoms with E-state index in [4.69, 9.17) is 9.02 Å². The Morgan fingerprint density at radius 1 is 0.963 bits per heavy atom. The summed E-state index contributed by atoms with van der Waals surface area (Å²) in [5.74, 6) is 1.19. The second kappa shape index (κ2) is 8.31. The number of benzene rings is 2. The molecule has 3 rings (SSSR count). The third kappa shape index (κ3) is 4.28. The Balaban J connectivity index is 2.14. The highest BCUT2D eigenvalue weighted by molar-refractivity contribution is 7.86. The second-order valence-electron chi connectivity index (χ2n) is 6.80. The molecule has 0 saturated heterocycles. The first kappa shape index (κ1) is 19.7. The minimum absolute atomic E-state index is 0.0282. The van der Waals surface area contributed by atoms with Crippen LogP contribution in [0.4, 0.5) is 11.4 Å². The summed E-state index contributed by atoms with van der Waals surface area (Å²) < 4.78 is 36.7. The largest absolute Gasteiger partial charge is 0.453 e. The van der Waals surface area contributed by atoms with Crippen molar-refractivity contribution in [3.8, 4) is 11.5 Å². The molecule has 2 aromatic rings.